The Labute approximate surface area is 312 Å². The van der Waals surface area contributed by atoms with Crippen molar-refractivity contribution in [2.75, 3.05) is 13.2 Å². The van der Waals surface area contributed by atoms with Crippen LogP contribution in [-0.4, -0.2) is 59.3 Å². The lowest BCUT2D eigenvalue weighted by Crippen LogP contribution is -2.47. The summed E-state index contributed by atoms with van der Waals surface area (Å²) in [6.07, 6.45) is 37.3. The fraction of sp³-hybridized carbons (Fsp3) is 0.905. The van der Waals surface area contributed by atoms with Gasteiger partial charge in [0, 0.05) is 12.8 Å². The molecule has 9 heteroatoms. The van der Waals surface area contributed by atoms with Crippen LogP contribution in [0.25, 0.3) is 0 Å². The number of carboxylic acid groups (broad SMARTS) is 1. The van der Waals surface area contributed by atoms with E-state index in [0.29, 0.717) is 12.8 Å². The van der Waals surface area contributed by atoms with Gasteiger partial charge >= 0.3 is 11.9 Å². The van der Waals surface area contributed by atoms with Crippen molar-refractivity contribution in [3.05, 3.63) is 0 Å². The van der Waals surface area contributed by atoms with E-state index in [1.807, 2.05) is 0 Å². The molecule has 0 bridgehead atoms. The van der Waals surface area contributed by atoms with E-state index in [4.69, 9.17) is 14.9 Å². The Balaban J connectivity index is 3.96. The van der Waals surface area contributed by atoms with E-state index < -0.39 is 24.5 Å². The molecular weight excluding hydrogens is 644 g/mol. The van der Waals surface area contributed by atoms with Crippen LogP contribution in [0, 0.1) is 0 Å². The molecule has 300 valence electrons. The number of hydrogen-bond acceptors (Lipinski definition) is 6. The Morgan fingerprint density at radius 2 is 0.882 bits per heavy atom. The topological polar surface area (TPSA) is 142 Å². The fourth-order valence-corrected chi connectivity index (χ4v) is 6.54. The Morgan fingerprint density at radius 3 is 1.27 bits per heavy atom. The third-order valence-electron chi connectivity index (χ3n) is 9.85. The summed E-state index contributed by atoms with van der Waals surface area (Å²) in [6.45, 7) is 3.45. The van der Waals surface area contributed by atoms with Crippen LogP contribution in [0.15, 0.2) is 0 Å². The lowest BCUT2D eigenvalue weighted by molar-refractivity contribution is -0.150. The molecule has 2 unspecified atom stereocenters. The summed E-state index contributed by atoms with van der Waals surface area (Å²) in [5.74, 6) is -2.32. The molecule has 0 aliphatic heterocycles. The molecule has 0 radical (unpaired) electrons. The van der Waals surface area contributed by atoms with Crippen molar-refractivity contribution in [3.8, 4) is 0 Å². The van der Waals surface area contributed by atoms with Gasteiger partial charge in [0.2, 0.25) is 11.8 Å². The van der Waals surface area contributed by atoms with Gasteiger partial charge in [-0.2, -0.15) is 0 Å². The maximum Gasteiger partial charge on any atom is 0.328 e. The lowest BCUT2D eigenvalue weighted by atomic mass is 10.0. The number of unbranched alkanes of at least 4 members (excludes halogenated alkanes) is 25. The van der Waals surface area contributed by atoms with Crippen molar-refractivity contribution < 1.29 is 34.1 Å². The standard InChI is InChI=1S/C42H80N2O7/c1-3-5-7-9-10-11-12-13-14-15-16-17-18-19-20-21-22-24-30-34-41(48)51-37(31-27-23-8-6-4-2)32-28-25-26-29-33-39(46)43-35-40(47)44-38(36-45)42(49)50/h37-38,45H,3-36H2,1-2H3,(H,43,46)(H,44,47)(H,49,50). The van der Waals surface area contributed by atoms with E-state index in [0.717, 1.165) is 51.4 Å². The van der Waals surface area contributed by atoms with E-state index >= 15 is 0 Å². The highest BCUT2D eigenvalue weighted by Gasteiger charge is 2.19. The van der Waals surface area contributed by atoms with Crippen LogP contribution in [0.5, 0.6) is 0 Å². The van der Waals surface area contributed by atoms with Gasteiger partial charge in [-0.1, -0.05) is 168 Å². The molecule has 9 nitrogen and oxygen atoms in total. The monoisotopic (exact) mass is 725 g/mol. The second-order valence-electron chi connectivity index (χ2n) is 14.8. The van der Waals surface area contributed by atoms with Gasteiger partial charge in [-0.25, -0.2) is 4.79 Å². The fourth-order valence-electron chi connectivity index (χ4n) is 6.54. The van der Waals surface area contributed by atoms with Gasteiger partial charge in [-0.15, -0.1) is 0 Å². The van der Waals surface area contributed by atoms with Crippen LogP contribution in [0.3, 0.4) is 0 Å². The minimum absolute atomic E-state index is 0.0326. The zero-order valence-electron chi connectivity index (χ0n) is 33.1. The van der Waals surface area contributed by atoms with Gasteiger partial charge in [0.15, 0.2) is 0 Å². The molecule has 4 N–H and O–H groups in total. The Hall–Kier alpha value is -2.16. The van der Waals surface area contributed by atoms with Crippen LogP contribution in [0.2, 0.25) is 0 Å². The molecule has 0 aliphatic carbocycles. The molecule has 0 saturated heterocycles. The predicted molar refractivity (Wildman–Crippen MR) is 209 cm³/mol. The molecule has 51 heavy (non-hydrogen) atoms. The van der Waals surface area contributed by atoms with E-state index in [1.54, 1.807) is 0 Å². The van der Waals surface area contributed by atoms with Crippen LogP contribution < -0.4 is 10.6 Å². The van der Waals surface area contributed by atoms with Gasteiger partial charge in [0.1, 0.15) is 12.1 Å². The molecule has 0 heterocycles. The zero-order valence-corrected chi connectivity index (χ0v) is 33.1. The van der Waals surface area contributed by atoms with Gasteiger partial charge < -0.3 is 25.6 Å². The molecular formula is C42H80N2O7. The molecule has 0 rings (SSSR count). The summed E-state index contributed by atoms with van der Waals surface area (Å²) >= 11 is 0. The number of hydrogen-bond donors (Lipinski definition) is 4. The average Bonchev–Trinajstić information content (AvgIpc) is 3.11. The number of carbonyl (C=O) groups excluding carboxylic acids is 3. The molecule has 0 fully saturated rings. The minimum Gasteiger partial charge on any atom is -0.480 e. The van der Waals surface area contributed by atoms with Gasteiger partial charge in [-0.3, -0.25) is 14.4 Å². The first-order chi connectivity index (χ1) is 24.8. The van der Waals surface area contributed by atoms with Crippen LogP contribution in [-0.2, 0) is 23.9 Å². The molecule has 2 amide bonds. The number of carboxylic acids is 1. The normalized spacial score (nSPS) is 12.4. The Kier molecular flexibility index (Phi) is 36.0. The first kappa shape index (κ1) is 48.8. The summed E-state index contributed by atoms with van der Waals surface area (Å²) < 4.78 is 5.95. The summed E-state index contributed by atoms with van der Waals surface area (Å²) in [6, 6.07) is -1.38. The molecule has 0 spiro atoms. The summed E-state index contributed by atoms with van der Waals surface area (Å²) in [4.78, 5) is 47.4. The minimum atomic E-state index is -1.38. The number of ether oxygens (including phenoxy) is 1. The molecule has 0 aromatic carbocycles. The smallest absolute Gasteiger partial charge is 0.328 e. The van der Waals surface area contributed by atoms with E-state index in [1.165, 1.54) is 135 Å². The number of carbonyl (C=O) groups is 4. The maximum atomic E-state index is 12.7. The Morgan fingerprint density at radius 1 is 0.510 bits per heavy atom. The van der Waals surface area contributed by atoms with E-state index in [-0.39, 0.29) is 30.9 Å². The summed E-state index contributed by atoms with van der Waals surface area (Å²) in [7, 11) is 0. The van der Waals surface area contributed by atoms with Crippen molar-refractivity contribution in [1.29, 1.82) is 0 Å². The Bertz CT molecular complexity index is 838. The number of aliphatic carboxylic acids is 1. The number of rotatable bonds is 39. The van der Waals surface area contributed by atoms with E-state index in [9.17, 15) is 19.2 Å². The second-order valence-corrected chi connectivity index (χ2v) is 14.8. The molecule has 0 saturated carbocycles. The number of nitrogens with one attached hydrogen (secondary N) is 2. The first-order valence-corrected chi connectivity index (χ1v) is 21.4. The number of amides is 2. The van der Waals surface area contributed by atoms with Gasteiger partial charge in [-0.05, 0) is 38.5 Å². The number of aliphatic hydroxyl groups is 1. The molecule has 0 aromatic heterocycles. The third-order valence-corrected chi connectivity index (χ3v) is 9.85. The van der Waals surface area contributed by atoms with E-state index in [2.05, 4.69) is 24.5 Å². The predicted octanol–water partition coefficient (Wildman–Crippen LogP) is 10.1. The van der Waals surface area contributed by atoms with Crippen molar-refractivity contribution in [1.82, 2.24) is 10.6 Å². The van der Waals surface area contributed by atoms with Crippen molar-refractivity contribution >= 4 is 23.8 Å². The molecule has 0 aliphatic rings. The highest BCUT2D eigenvalue weighted by Crippen LogP contribution is 2.19. The number of aliphatic hydroxyl groups excluding tert-OH is 1. The van der Waals surface area contributed by atoms with Crippen molar-refractivity contribution in [2.24, 2.45) is 0 Å². The van der Waals surface area contributed by atoms with Crippen LogP contribution in [0.4, 0.5) is 0 Å². The maximum absolute atomic E-state index is 12.7. The largest absolute Gasteiger partial charge is 0.480 e. The van der Waals surface area contributed by atoms with Crippen molar-refractivity contribution in [3.63, 3.8) is 0 Å². The summed E-state index contributed by atoms with van der Waals surface area (Å²) in [5.41, 5.74) is 0. The number of esters is 1. The van der Waals surface area contributed by atoms with Crippen molar-refractivity contribution in [2.45, 2.75) is 231 Å². The highest BCUT2D eigenvalue weighted by atomic mass is 16.5. The first-order valence-electron chi connectivity index (χ1n) is 21.4. The van der Waals surface area contributed by atoms with Gasteiger partial charge in [0.05, 0.1) is 13.2 Å². The second kappa shape index (κ2) is 37.6. The third kappa shape index (κ3) is 34.7. The van der Waals surface area contributed by atoms with Crippen LogP contribution >= 0.6 is 0 Å². The quantitative estimate of drug-likeness (QED) is 0.0365. The molecule has 2 atom stereocenters. The SMILES string of the molecule is CCCCCCCCCCCCCCCCCCCCCC(=O)OC(CCCCCCC)CCCCCCC(=O)NCC(=O)NC(CO)C(=O)O. The summed E-state index contributed by atoms with van der Waals surface area (Å²) in [5, 5.41) is 22.5. The molecule has 0 aromatic rings. The zero-order chi connectivity index (χ0) is 37.6. The lowest BCUT2D eigenvalue weighted by Gasteiger charge is -2.18. The highest BCUT2D eigenvalue weighted by molar-refractivity contribution is 5.87. The average molecular weight is 725 g/mol. The van der Waals surface area contributed by atoms with Gasteiger partial charge in [0.25, 0.3) is 0 Å². The van der Waals surface area contributed by atoms with Crippen LogP contribution in [0.1, 0.15) is 219 Å².